The third-order valence-electron chi connectivity index (χ3n) is 10.7. The molecular weight excluding hydrogens is 719 g/mol. The van der Waals surface area contributed by atoms with Crippen LogP contribution in [0.25, 0.3) is 77.2 Å². The smallest absolute Gasteiger partial charge is 0.161 e. The van der Waals surface area contributed by atoms with E-state index in [0.717, 1.165) is 66.2 Å². The first-order valence-electron chi connectivity index (χ1n) is 20.6. The van der Waals surface area contributed by atoms with Gasteiger partial charge in [-0.1, -0.05) is 194 Å². The predicted molar refractivity (Wildman–Crippen MR) is 247 cm³/mol. The second-order valence-corrected chi connectivity index (χ2v) is 14.3. The Labute approximate surface area is 345 Å². The maximum atomic E-state index is 9.49. The van der Waals surface area contributed by atoms with Crippen molar-refractivity contribution in [2.24, 2.45) is 9.98 Å². The molecule has 278 valence electrons. The molecule has 1 N–H and O–H groups in total. The van der Waals surface area contributed by atoms with E-state index in [-0.39, 0.29) is 5.84 Å². The van der Waals surface area contributed by atoms with Crippen LogP contribution in [0.5, 0.6) is 0 Å². The zero-order valence-electron chi connectivity index (χ0n) is 33.9. The minimum atomic E-state index is 0.0775. The lowest BCUT2D eigenvalue weighted by atomic mass is 9.90. The number of benzene rings is 9. The lowest BCUT2D eigenvalue weighted by molar-refractivity contribution is 0.670. The number of hydrogen-bond acceptors (Lipinski definition) is 2. The van der Waals surface area contributed by atoms with Crippen LogP contribution < -0.4 is 0 Å². The molecule has 4 nitrogen and oxygen atoms in total. The van der Waals surface area contributed by atoms with Crippen molar-refractivity contribution in [2.75, 3.05) is 0 Å². The number of furan rings is 1. The van der Waals surface area contributed by atoms with Crippen molar-refractivity contribution in [1.29, 1.82) is 5.41 Å². The van der Waals surface area contributed by atoms with Crippen LogP contribution in [0.1, 0.15) is 19.4 Å². The molecule has 59 heavy (non-hydrogen) atoms. The summed E-state index contributed by atoms with van der Waals surface area (Å²) in [5, 5.41) is 13.3. The van der Waals surface area contributed by atoms with Gasteiger partial charge in [0.05, 0.1) is 2.74 Å². The van der Waals surface area contributed by atoms with Crippen LogP contribution in [0.4, 0.5) is 0 Å². The summed E-state index contributed by atoms with van der Waals surface area (Å²) < 4.78 is 24.5. The summed E-state index contributed by atoms with van der Waals surface area (Å²) in [6.07, 6.45) is 1.77. The highest BCUT2D eigenvalue weighted by Crippen LogP contribution is 2.42. The van der Waals surface area contributed by atoms with Gasteiger partial charge >= 0.3 is 0 Å². The van der Waals surface area contributed by atoms with Gasteiger partial charge in [0.2, 0.25) is 0 Å². The number of rotatable bonds is 7. The molecule has 1 aromatic heterocycles. The Morgan fingerprint density at radius 1 is 0.508 bits per heavy atom. The standard InChI is InChI=1S/C55H37N3O/c56-54(41-31-32-47(50(35-41)39-19-6-2-7-20-39)46-29-16-25-37-21-10-12-26-43(37)46)58-55(40-22-8-3-9-23-40)57-36-42-24-11-13-27-44(42)48-34-33-45(38-17-4-1-5-18-38)53-52(48)49-28-14-15-30-51(49)59-53/h1-36,56H/i14D,34D. The average molecular weight is 758 g/mol. The molecule has 0 bridgehead atoms. The van der Waals surface area contributed by atoms with Crippen molar-refractivity contribution in [3.8, 4) is 44.5 Å². The van der Waals surface area contributed by atoms with Crippen LogP contribution in [0.15, 0.2) is 227 Å². The molecule has 10 rings (SSSR count). The summed E-state index contributed by atoms with van der Waals surface area (Å²) in [7, 11) is 0. The van der Waals surface area contributed by atoms with Crippen molar-refractivity contribution in [3.05, 3.63) is 229 Å². The number of fused-ring (bicyclic) bond motifs is 4. The molecule has 10 aromatic rings. The van der Waals surface area contributed by atoms with E-state index in [0.29, 0.717) is 40.2 Å². The first-order valence-corrected chi connectivity index (χ1v) is 19.6. The molecule has 0 saturated carbocycles. The molecule has 0 aliphatic heterocycles. The lowest BCUT2D eigenvalue weighted by Crippen LogP contribution is -2.05. The van der Waals surface area contributed by atoms with E-state index in [1.807, 2.05) is 121 Å². The maximum Gasteiger partial charge on any atom is 0.161 e. The van der Waals surface area contributed by atoms with Crippen LogP contribution in [0.2, 0.25) is 0 Å². The average Bonchev–Trinajstić information content (AvgIpc) is 3.69. The van der Waals surface area contributed by atoms with Gasteiger partial charge in [-0.15, -0.1) is 0 Å². The van der Waals surface area contributed by atoms with Gasteiger partial charge in [-0.05, 0) is 67.9 Å². The highest BCUT2D eigenvalue weighted by atomic mass is 16.3. The van der Waals surface area contributed by atoms with Gasteiger partial charge in [0, 0.05) is 39.2 Å². The maximum absolute atomic E-state index is 9.49. The van der Waals surface area contributed by atoms with Gasteiger partial charge in [0.25, 0.3) is 0 Å². The SMILES string of the molecule is [2H]c1ccc2oc3c(-c4ccccc4)cc([2H])c(-c4ccccc4C=NC(=NC(=N)c4ccc(-c5cccc6ccccc56)c(-c5ccccc5)c4)c4ccccc4)c3c2c1. The molecule has 0 radical (unpaired) electrons. The highest BCUT2D eigenvalue weighted by molar-refractivity contribution is 6.18. The molecule has 0 aliphatic rings. The lowest BCUT2D eigenvalue weighted by Gasteiger charge is -2.15. The van der Waals surface area contributed by atoms with Crippen LogP contribution in [0.3, 0.4) is 0 Å². The van der Waals surface area contributed by atoms with Crippen molar-refractivity contribution >= 4 is 50.6 Å². The van der Waals surface area contributed by atoms with Gasteiger partial charge in [-0.25, -0.2) is 9.98 Å². The highest BCUT2D eigenvalue weighted by Gasteiger charge is 2.19. The van der Waals surface area contributed by atoms with Gasteiger partial charge in [-0.3, -0.25) is 5.41 Å². The Bertz CT molecular complexity index is 3330. The number of nitrogens with one attached hydrogen (secondary N) is 1. The Balaban J connectivity index is 1.09. The summed E-state index contributed by atoms with van der Waals surface area (Å²) in [4.78, 5) is 9.91. The zero-order chi connectivity index (χ0) is 41.3. The number of para-hydroxylation sites is 1. The molecular formula is C55H37N3O. The Morgan fingerprint density at radius 3 is 2.00 bits per heavy atom. The number of nitrogens with zero attached hydrogens (tertiary/aromatic N) is 2. The molecule has 1 heterocycles. The van der Waals surface area contributed by atoms with E-state index in [1.165, 1.54) is 5.39 Å². The fourth-order valence-corrected chi connectivity index (χ4v) is 7.89. The fraction of sp³-hybridized carbons (Fsp3) is 0. The molecule has 0 amide bonds. The first kappa shape index (κ1) is 33.2. The molecule has 0 saturated heterocycles. The third kappa shape index (κ3) is 6.83. The Morgan fingerprint density at radius 2 is 1.19 bits per heavy atom. The van der Waals surface area contributed by atoms with Gasteiger partial charge in [0.1, 0.15) is 11.2 Å². The number of hydrogen-bond donors (Lipinski definition) is 1. The Hall–Kier alpha value is -7.95. The summed E-state index contributed by atoms with van der Waals surface area (Å²) >= 11 is 0. The first-order chi connectivity index (χ1) is 30.0. The van der Waals surface area contributed by atoms with Gasteiger partial charge in [-0.2, -0.15) is 0 Å². The van der Waals surface area contributed by atoms with E-state index in [9.17, 15) is 6.78 Å². The molecule has 9 aromatic carbocycles. The van der Waals surface area contributed by atoms with E-state index in [4.69, 9.17) is 15.8 Å². The molecule has 0 fully saturated rings. The summed E-state index contributed by atoms with van der Waals surface area (Å²) in [6.45, 7) is 0. The van der Waals surface area contributed by atoms with Gasteiger partial charge < -0.3 is 4.42 Å². The van der Waals surface area contributed by atoms with Crippen molar-refractivity contribution < 1.29 is 7.16 Å². The van der Waals surface area contributed by atoms with Crippen LogP contribution in [0, 0.1) is 5.41 Å². The summed E-state index contributed by atoms with van der Waals surface area (Å²) in [5.74, 6) is 0.455. The predicted octanol–water partition coefficient (Wildman–Crippen LogP) is 14.3. The van der Waals surface area contributed by atoms with E-state index < -0.39 is 0 Å². The molecule has 0 aliphatic carbocycles. The molecule has 4 heteroatoms. The second kappa shape index (κ2) is 15.5. The van der Waals surface area contributed by atoms with Crippen LogP contribution in [-0.2, 0) is 0 Å². The minimum absolute atomic E-state index is 0.0775. The second-order valence-electron chi connectivity index (χ2n) is 14.3. The van der Waals surface area contributed by atoms with Crippen molar-refractivity contribution in [1.82, 2.24) is 0 Å². The normalized spacial score (nSPS) is 12.3. The third-order valence-corrected chi connectivity index (χ3v) is 10.7. The molecule has 0 unspecified atom stereocenters. The van der Waals surface area contributed by atoms with E-state index in [2.05, 4.69) is 66.7 Å². The topological polar surface area (TPSA) is 61.7 Å². The summed E-state index contributed by atoms with van der Waals surface area (Å²) in [6, 6.07) is 66.6. The molecule has 0 spiro atoms. The van der Waals surface area contributed by atoms with Crippen molar-refractivity contribution in [3.63, 3.8) is 0 Å². The number of aliphatic imine (C=N–C) groups is 2. The van der Waals surface area contributed by atoms with Crippen molar-refractivity contribution in [2.45, 2.75) is 0 Å². The number of amidine groups is 2. The fourth-order valence-electron chi connectivity index (χ4n) is 7.89. The minimum Gasteiger partial charge on any atom is -0.455 e. The quantitative estimate of drug-likeness (QED) is 0.128. The van der Waals surface area contributed by atoms with Crippen LogP contribution in [-0.4, -0.2) is 17.9 Å². The Kier molecular flexibility index (Phi) is 8.74. The zero-order valence-corrected chi connectivity index (χ0v) is 31.9. The molecule has 0 atom stereocenters. The summed E-state index contributed by atoms with van der Waals surface area (Å²) in [5.41, 5.74) is 11.0. The van der Waals surface area contributed by atoms with Gasteiger partial charge in [0.15, 0.2) is 11.7 Å². The van der Waals surface area contributed by atoms with Crippen LogP contribution >= 0.6 is 0 Å². The van der Waals surface area contributed by atoms with E-state index in [1.54, 1.807) is 18.3 Å². The monoisotopic (exact) mass is 757 g/mol. The van der Waals surface area contributed by atoms with E-state index >= 15 is 0 Å². The largest absolute Gasteiger partial charge is 0.455 e.